The summed E-state index contributed by atoms with van der Waals surface area (Å²) in [5.41, 5.74) is 0. The van der Waals surface area contributed by atoms with Gasteiger partial charge in [-0.15, -0.1) is 0 Å². The van der Waals surface area contributed by atoms with Crippen LogP contribution in [0.15, 0.2) is 36.6 Å². The summed E-state index contributed by atoms with van der Waals surface area (Å²) in [6, 6.07) is 0. The molecule has 0 saturated heterocycles. The first-order chi connectivity index (χ1) is 5.41. The zero-order chi connectivity index (χ0) is 8.36. The van der Waals surface area contributed by atoms with Crippen LogP contribution in [0.25, 0.3) is 0 Å². The van der Waals surface area contributed by atoms with Gasteiger partial charge in [0, 0.05) is 0 Å². The molecule has 0 unspecified atom stereocenters. The van der Waals surface area contributed by atoms with E-state index in [1.807, 2.05) is 31.2 Å². The Hall–Kier alpha value is -0.980. The number of allylic oxidation sites excluding steroid dienone is 5. The zero-order valence-corrected chi connectivity index (χ0v) is 7.29. The molecule has 0 fully saturated rings. The molecule has 62 valence electrons. The minimum atomic E-state index is 0.731. The molecule has 0 aliphatic heterocycles. The molecule has 0 aromatic heterocycles. The second-order valence-corrected chi connectivity index (χ2v) is 2.01. The van der Waals surface area contributed by atoms with E-state index in [-0.39, 0.29) is 0 Å². The Morgan fingerprint density at radius 1 is 1.00 bits per heavy atom. The van der Waals surface area contributed by atoms with Crippen molar-refractivity contribution >= 4 is 0 Å². The number of hydrogen-bond acceptors (Lipinski definition) is 1. The Bertz CT molecular complexity index is 143. The molecular weight excluding hydrogens is 136 g/mol. The van der Waals surface area contributed by atoms with Gasteiger partial charge in [-0.05, 0) is 19.4 Å². The lowest BCUT2D eigenvalue weighted by atomic mass is 10.4. The molecule has 0 atom stereocenters. The van der Waals surface area contributed by atoms with Crippen molar-refractivity contribution in [1.82, 2.24) is 0 Å². The molecule has 0 aromatic rings. The highest BCUT2D eigenvalue weighted by Gasteiger charge is 1.65. The van der Waals surface area contributed by atoms with Gasteiger partial charge in [-0.3, -0.25) is 0 Å². The van der Waals surface area contributed by atoms with Crippen molar-refractivity contribution < 1.29 is 4.74 Å². The molecule has 0 aromatic carbocycles. The fourth-order valence-electron chi connectivity index (χ4n) is 0.540. The Balaban J connectivity index is 3.35. The lowest BCUT2D eigenvalue weighted by Crippen LogP contribution is -1.74. The summed E-state index contributed by atoms with van der Waals surface area (Å²) in [7, 11) is 0. The van der Waals surface area contributed by atoms with Crippen molar-refractivity contribution in [2.75, 3.05) is 6.61 Å². The third kappa shape index (κ3) is 9.02. The summed E-state index contributed by atoms with van der Waals surface area (Å²) in [6.07, 6.45) is 12.7. The van der Waals surface area contributed by atoms with Crippen molar-refractivity contribution in [1.29, 1.82) is 0 Å². The van der Waals surface area contributed by atoms with Crippen LogP contribution in [0.1, 0.15) is 20.3 Å². The zero-order valence-electron chi connectivity index (χ0n) is 7.29. The van der Waals surface area contributed by atoms with Crippen molar-refractivity contribution in [3.05, 3.63) is 36.6 Å². The summed E-state index contributed by atoms with van der Waals surface area (Å²) in [4.78, 5) is 0. The average Bonchev–Trinajstić information content (AvgIpc) is 2.03. The molecule has 0 spiro atoms. The van der Waals surface area contributed by atoms with E-state index >= 15 is 0 Å². The summed E-state index contributed by atoms with van der Waals surface area (Å²) in [5.74, 6) is 0. The van der Waals surface area contributed by atoms with Gasteiger partial charge in [-0.25, -0.2) is 0 Å². The van der Waals surface area contributed by atoms with Gasteiger partial charge in [-0.1, -0.05) is 31.2 Å². The van der Waals surface area contributed by atoms with E-state index in [1.165, 1.54) is 0 Å². The molecule has 0 N–H and O–H groups in total. The highest BCUT2D eigenvalue weighted by molar-refractivity contribution is 5.09. The molecule has 0 bridgehead atoms. The van der Waals surface area contributed by atoms with Crippen LogP contribution >= 0.6 is 0 Å². The van der Waals surface area contributed by atoms with Crippen LogP contribution in [0, 0.1) is 0 Å². The van der Waals surface area contributed by atoms with Crippen LogP contribution in [0.3, 0.4) is 0 Å². The third-order valence-corrected chi connectivity index (χ3v) is 1.05. The van der Waals surface area contributed by atoms with Crippen LogP contribution in [0.2, 0.25) is 0 Å². The predicted molar refractivity (Wildman–Crippen MR) is 49.3 cm³/mol. The van der Waals surface area contributed by atoms with Gasteiger partial charge in [0.05, 0.1) is 12.9 Å². The molecule has 1 nitrogen and oxygen atoms in total. The van der Waals surface area contributed by atoms with Crippen molar-refractivity contribution in [3.63, 3.8) is 0 Å². The van der Waals surface area contributed by atoms with Crippen LogP contribution in [0.5, 0.6) is 0 Å². The van der Waals surface area contributed by atoms with Crippen LogP contribution in [-0.2, 0) is 4.74 Å². The molecule has 0 heterocycles. The van der Waals surface area contributed by atoms with Crippen molar-refractivity contribution in [3.8, 4) is 0 Å². The minimum absolute atomic E-state index is 0.731. The molecule has 0 saturated carbocycles. The van der Waals surface area contributed by atoms with Gasteiger partial charge >= 0.3 is 0 Å². The Morgan fingerprint density at radius 3 is 2.36 bits per heavy atom. The van der Waals surface area contributed by atoms with E-state index in [4.69, 9.17) is 4.74 Å². The van der Waals surface area contributed by atoms with Crippen LogP contribution in [0.4, 0.5) is 0 Å². The standard InChI is InChI=1S/C10H16O/c1-3-5-6-7-8-9-10-11-4-2/h5-10H,3-4H2,1-2H3. The molecule has 0 amide bonds. The van der Waals surface area contributed by atoms with E-state index < -0.39 is 0 Å². The van der Waals surface area contributed by atoms with E-state index in [0.29, 0.717) is 0 Å². The SMILES string of the molecule is CCC=CC=CC=COCC. The normalized spacial score (nSPS) is 12.2. The smallest absolute Gasteiger partial charge is 0.0845 e. The Morgan fingerprint density at radius 2 is 1.73 bits per heavy atom. The number of hydrogen-bond donors (Lipinski definition) is 0. The fourth-order valence-corrected chi connectivity index (χ4v) is 0.540. The third-order valence-electron chi connectivity index (χ3n) is 1.05. The molecule has 1 heteroatoms. The van der Waals surface area contributed by atoms with Gasteiger partial charge in [0.2, 0.25) is 0 Å². The lowest BCUT2D eigenvalue weighted by molar-refractivity contribution is 0.269. The van der Waals surface area contributed by atoms with E-state index in [0.717, 1.165) is 13.0 Å². The summed E-state index contributed by atoms with van der Waals surface area (Å²) >= 11 is 0. The second-order valence-electron chi connectivity index (χ2n) is 2.01. The minimum Gasteiger partial charge on any atom is -0.501 e. The predicted octanol–water partition coefficient (Wildman–Crippen LogP) is 3.06. The summed E-state index contributed by atoms with van der Waals surface area (Å²) in [6.45, 7) is 4.81. The van der Waals surface area contributed by atoms with Crippen molar-refractivity contribution in [2.45, 2.75) is 20.3 Å². The molecule has 0 aliphatic carbocycles. The molecule has 11 heavy (non-hydrogen) atoms. The highest BCUT2D eigenvalue weighted by Crippen LogP contribution is 1.83. The molecular formula is C10H16O. The topological polar surface area (TPSA) is 9.23 Å². The largest absolute Gasteiger partial charge is 0.501 e. The van der Waals surface area contributed by atoms with Gasteiger partial charge in [-0.2, -0.15) is 0 Å². The summed E-state index contributed by atoms with van der Waals surface area (Å²) in [5, 5.41) is 0. The van der Waals surface area contributed by atoms with Gasteiger partial charge in [0.25, 0.3) is 0 Å². The second kappa shape index (κ2) is 9.02. The van der Waals surface area contributed by atoms with Gasteiger partial charge in [0.1, 0.15) is 0 Å². The first-order valence-electron chi connectivity index (χ1n) is 4.01. The van der Waals surface area contributed by atoms with Crippen LogP contribution < -0.4 is 0 Å². The van der Waals surface area contributed by atoms with Gasteiger partial charge in [0.15, 0.2) is 0 Å². The molecule has 0 rings (SSSR count). The van der Waals surface area contributed by atoms with Crippen LogP contribution in [-0.4, -0.2) is 6.61 Å². The van der Waals surface area contributed by atoms with E-state index in [9.17, 15) is 0 Å². The molecule has 0 radical (unpaired) electrons. The van der Waals surface area contributed by atoms with Crippen molar-refractivity contribution in [2.24, 2.45) is 0 Å². The maximum Gasteiger partial charge on any atom is 0.0845 e. The number of ether oxygens (including phenoxy) is 1. The maximum absolute atomic E-state index is 4.98. The monoisotopic (exact) mass is 152 g/mol. The Kier molecular flexibility index (Phi) is 8.22. The maximum atomic E-state index is 4.98. The van der Waals surface area contributed by atoms with E-state index in [2.05, 4.69) is 13.0 Å². The average molecular weight is 152 g/mol. The van der Waals surface area contributed by atoms with E-state index in [1.54, 1.807) is 6.26 Å². The highest BCUT2D eigenvalue weighted by atomic mass is 16.5. The Labute approximate surface area is 69.1 Å². The number of rotatable bonds is 5. The first kappa shape index (κ1) is 10.0. The lowest BCUT2D eigenvalue weighted by Gasteiger charge is -1.87. The van der Waals surface area contributed by atoms with Gasteiger partial charge < -0.3 is 4.74 Å². The quantitative estimate of drug-likeness (QED) is 0.434. The summed E-state index contributed by atoms with van der Waals surface area (Å²) < 4.78 is 4.98. The molecule has 0 aliphatic rings. The first-order valence-corrected chi connectivity index (χ1v) is 4.01. The fraction of sp³-hybridized carbons (Fsp3) is 0.400.